The quantitative estimate of drug-likeness (QED) is 0.337. The summed E-state index contributed by atoms with van der Waals surface area (Å²) in [6.45, 7) is 9.48. The average molecular weight is 521 g/mol. The maximum absolute atomic E-state index is 13.6. The van der Waals surface area contributed by atoms with Crippen molar-refractivity contribution < 1.29 is 4.79 Å². The predicted molar refractivity (Wildman–Crippen MR) is 150 cm³/mol. The Morgan fingerprint density at radius 2 is 1.79 bits per heavy atom. The van der Waals surface area contributed by atoms with Crippen LogP contribution in [0.15, 0.2) is 61.3 Å². The van der Waals surface area contributed by atoms with Gasteiger partial charge in [0.2, 0.25) is 0 Å². The number of ketones is 1. The van der Waals surface area contributed by atoms with E-state index in [1.54, 1.807) is 17.1 Å². The standard InChI is InChI=1S/C30H32N8O/c1-21-5-6-22(11-28(21)38-18-27(34-35-38)24-16-32-20-33-17-24)12-29(39)23-13-25(30(2,3)19-31)15-26(14-23)37-9-7-36(4)8-10-37/h5-6,11,13-18,20H,7-10,12H2,1-4H3. The highest BCUT2D eigenvalue weighted by Crippen LogP contribution is 2.30. The summed E-state index contributed by atoms with van der Waals surface area (Å²) < 4.78 is 1.72. The van der Waals surface area contributed by atoms with Crippen LogP contribution in [0.2, 0.25) is 0 Å². The van der Waals surface area contributed by atoms with Crippen molar-refractivity contribution in [1.29, 1.82) is 5.26 Å². The first-order chi connectivity index (χ1) is 18.7. The fourth-order valence-corrected chi connectivity index (χ4v) is 4.69. The molecule has 1 aliphatic rings. The number of rotatable bonds is 7. The summed E-state index contributed by atoms with van der Waals surface area (Å²) in [5.41, 5.74) is 5.98. The minimum Gasteiger partial charge on any atom is -0.369 e. The molecule has 39 heavy (non-hydrogen) atoms. The number of hydrogen-bond acceptors (Lipinski definition) is 8. The molecular weight excluding hydrogens is 488 g/mol. The molecule has 9 heteroatoms. The van der Waals surface area contributed by atoms with Crippen molar-refractivity contribution in [3.63, 3.8) is 0 Å². The number of nitrogens with zero attached hydrogens (tertiary/aromatic N) is 8. The zero-order chi connectivity index (χ0) is 27.6. The second kappa shape index (κ2) is 10.8. The van der Waals surface area contributed by atoms with Crippen LogP contribution in [0.5, 0.6) is 0 Å². The number of likely N-dealkylation sites (N-methyl/N-ethyl adjacent to an activating group) is 1. The van der Waals surface area contributed by atoms with Crippen molar-refractivity contribution in [3.8, 4) is 23.0 Å². The average Bonchev–Trinajstić information content (AvgIpc) is 3.45. The fourth-order valence-electron chi connectivity index (χ4n) is 4.69. The summed E-state index contributed by atoms with van der Waals surface area (Å²) in [5.74, 6) is 0.0106. The molecule has 1 saturated heterocycles. The molecule has 0 saturated carbocycles. The Bertz CT molecular complexity index is 1530. The number of benzene rings is 2. The first-order valence-electron chi connectivity index (χ1n) is 13.0. The molecule has 0 atom stereocenters. The van der Waals surface area contributed by atoms with Crippen LogP contribution in [0.4, 0.5) is 5.69 Å². The van der Waals surface area contributed by atoms with E-state index in [1.165, 1.54) is 6.33 Å². The van der Waals surface area contributed by atoms with Gasteiger partial charge in [-0.25, -0.2) is 14.6 Å². The summed E-state index contributed by atoms with van der Waals surface area (Å²) >= 11 is 0. The lowest BCUT2D eigenvalue weighted by Gasteiger charge is -2.35. The van der Waals surface area contributed by atoms with E-state index in [2.05, 4.69) is 49.3 Å². The van der Waals surface area contributed by atoms with Gasteiger partial charge in [0.05, 0.1) is 23.4 Å². The number of anilines is 1. The van der Waals surface area contributed by atoms with Crippen LogP contribution < -0.4 is 4.90 Å². The predicted octanol–water partition coefficient (Wildman–Crippen LogP) is 4.01. The smallest absolute Gasteiger partial charge is 0.167 e. The molecule has 2 aromatic carbocycles. The maximum Gasteiger partial charge on any atom is 0.167 e. The largest absolute Gasteiger partial charge is 0.369 e. The van der Waals surface area contributed by atoms with E-state index >= 15 is 0 Å². The number of aromatic nitrogens is 5. The van der Waals surface area contributed by atoms with E-state index < -0.39 is 5.41 Å². The van der Waals surface area contributed by atoms with Gasteiger partial charge in [0.15, 0.2) is 5.78 Å². The molecule has 2 aromatic heterocycles. The highest BCUT2D eigenvalue weighted by molar-refractivity contribution is 5.98. The Morgan fingerprint density at radius 1 is 1.05 bits per heavy atom. The van der Waals surface area contributed by atoms with Crippen LogP contribution in [-0.2, 0) is 11.8 Å². The van der Waals surface area contributed by atoms with Gasteiger partial charge in [0.25, 0.3) is 0 Å². The molecular formula is C30H32N8O. The van der Waals surface area contributed by atoms with E-state index in [4.69, 9.17) is 0 Å². The summed E-state index contributed by atoms with van der Waals surface area (Å²) in [5, 5.41) is 18.4. The van der Waals surface area contributed by atoms with Gasteiger partial charge in [-0.15, -0.1) is 5.10 Å². The van der Waals surface area contributed by atoms with Crippen molar-refractivity contribution in [2.75, 3.05) is 38.1 Å². The van der Waals surface area contributed by atoms with Gasteiger partial charge in [-0.2, -0.15) is 5.26 Å². The van der Waals surface area contributed by atoms with E-state index in [0.717, 1.165) is 59.8 Å². The number of carbonyl (C=O) groups excluding carboxylic acids is 1. The Kier molecular flexibility index (Phi) is 7.22. The molecule has 4 aromatic rings. The topological polar surface area (TPSA) is 104 Å². The van der Waals surface area contributed by atoms with E-state index in [0.29, 0.717) is 11.3 Å². The molecule has 1 fully saturated rings. The normalized spacial score (nSPS) is 14.3. The first kappa shape index (κ1) is 26.2. The lowest BCUT2D eigenvalue weighted by molar-refractivity contribution is 0.0993. The van der Waals surface area contributed by atoms with Gasteiger partial charge >= 0.3 is 0 Å². The first-order valence-corrected chi connectivity index (χ1v) is 13.0. The van der Waals surface area contributed by atoms with Crippen molar-refractivity contribution in [2.24, 2.45) is 0 Å². The highest BCUT2D eigenvalue weighted by Gasteiger charge is 2.24. The lowest BCUT2D eigenvalue weighted by Crippen LogP contribution is -2.44. The number of piperazine rings is 1. The van der Waals surface area contributed by atoms with Crippen molar-refractivity contribution in [2.45, 2.75) is 32.6 Å². The van der Waals surface area contributed by atoms with E-state index in [9.17, 15) is 10.1 Å². The summed E-state index contributed by atoms with van der Waals surface area (Å²) in [6.07, 6.45) is 6.94. The van der Waals surface area contributed by atoms with Gasteiger partial charge < -0.3 is 9.80 Å². The number of aryl methyl sites for hydroxylation is 1. The Labute approximate surface area is 228 Å². The Morgan fingerprint density at radius 3 is 2.51 bits per heavy atom. The zero-order valence-electron chi connectivity index (χ0n) is 22.8. The van der Waals surface area contributed by atoms with Crippen LogP contribution in [0, 0.1) is 18.3 Å². The maximum atomic E-state index is 13.6. The van der Waals surface area contributed by atoms with Crippen LogP contribution in [0.3, 0.4) is 0 Å². The van der Waals surface area contributed by atoms with E-state index in [1.807, 2.05) is 57.3 Å². The van der Waals surface area contributed by atoms with Gasteiger partial charge in [0.1, 0.15) is 12.0 Å². The summed E-state index contributed by atoms with van der Waals surface area (Å²) in [6, 6.07) is 14.3. The molecule has 5 rings (SSSR count). The van der Waals surface area contributed by atoms with Crippen molar-refractivity contribution >= 4 is 11.5 Å². The minimum absolute atomic E-state index is 0.0106. The van der Waals surface area contributed by atoms with Gasteiger partial charge in [0, 0.05) is 61.8 Å². The van der Waals surface area contributed by atoms with Crippen LogP contribution in [0.25, 0.3) is 16.9 Å². The molecule has 0 aliphatic carbocycles. The third-order valence-electron chi connectivity index (χ3n) is 7.34. The molecule has 0 N–H and O–H groups in total. The van der Waals surface area contributed by atoms with Crippen LogP contribution >= 0.6 is 0 Å². The van der Waals surface area contributed by atoms with Gasteiger partial charge in [-0.05, 0) is 68.8 Å². The van der Waals surface area contributed by atoms with Gasteiger partial charge in [-0.1, -0.05) is 17.3 Å². The van der Waals surface area contributed by atoms with Crippen LogP contribution in [0.1, 0.15) is 40.9 Å². The molecule has 0 amide bonds. The number of nitriles is 1. The number of carbonyl (C=O) groups is 1. The molecule has 1 aliphatic heterocycles. The number of hydrogen-bond donors (Lipinski definition) is 0. The fraction of sp³-hybridized carbons (Fsp3) is 0.333. The molecule has 0 radical (unpaired) electrons. The van der Waals surface area contributed by atoms with E-state index in [-0.39, 0.29) is 12.2 Å². The molecule has 0 unspecified atom stereocenters. The molecule has 9 nitrogen and oxygen atoms in total. The summed E-state index contributed by atoms with van der Waals surface area (Å²) in [7, 11) is 2.12. The second-order valence-electron chi connectivity index (χ2n) is 10.7. The van der Waals surface area contributed by atoms with Crippen molar-refractivity contribution in [3.05, 3.63) is 83.6 Å². The molecule has 0 spiro atoms. The minimum atomic E-state index is -0.705. The Balaban J connectivity index is 1.43. The second-order valence-corrected chi connectivity index (χ2v) is 10.7. The lowest BCUT2D eigenvalue weighted by atomic mass is 9.84. The highest BCUT2D eigenvalue weighted by atomic mass is 16.1. The third-order valence-corrected chi connectivity index (χ3v) is 7.34. The molecule has 3 heterocycles. The molecule has 0 bridgehead atoms. The van der Waals surface area contributed by atoms with Crippen LogP contribution in [-0.4, -0.2) is 68.9 Å². The Hall–Kier alpha value is -4.42. The molecule has 198 valence electrons. The van der Waals surface area contributed by atoms with Gasteiger partial charge in [-0.3, -0.25) is 4.79 Å². The third kappa shape index (κ3) is 5.71. The van der Waals surface area contributed by atoms with Crippen molar-refractivity contribution in [1.82, 2.24) is 29.9 Å². The summed E-state index contributed by atoms with van der Waals surface area (Å²) in [4.78, 5) is 26.3. The monoisotopic (exact) mass is 520 g/mol. The SMILES string of the molecule is Cc1ccc(CC(=O)c2cc(N3CCN(C)CC3)cc(C(C)(C)C#N)c2)cc1-n1cc(-c2cncnc2)nn1. The zero-order valence-corrected chi connectivity index (χ0v) is 22.8. The number of Topliss-reactive ketones (excluding diaryl/α,β-unsaturated/α-hetero) is 1.